The Bertz CT molecular complexity index is 1030. The summed E-state index contributed by atoms with van der Waals surface area (Å²) in [7, 11) is 0. The Hall–Kier alpha value is -2.50. The number of halogens is 3. The Labute approximate surface area is 232 Å². The van der Waals surface area contributed by atoms with Gasteiger partial charge in [-0.1, -0.05) is 95.9 Å². The summed E-state index contributed by atoms with van der Waals surface area (Å²) in [6.45, 7) is 4.45. The zero-order valence-corrected chi connectivity index (χ0v) is 23.6. The quantitative estimate of drug-likeness (QED) is 0.213. The molecule has 1 unspecified atom stereocenters. The average molecular weight is 547 g/mol. The zero-order valence-electron chi connectivity index (χ0n) is 23.6. The molecule has 0 amide bonds. The second-order valence-electron chi connectivity index (χ2n) is 11.1. The molecule has 2 atom stereocenters. The summed E-state index contributed by atoms with van der Waals surface area (Å²) in [5, 5.41) is 9.81. The Morgan fingerprint density at radius 1 is 0.923 bits per heavy atom. The van der Waals surface area contributed by atoms with Gasteiger partial charge < -0.3 is 9.84 Å². The molecule has 0 aromatic heterocycles. The number of unbranched alkanes of at least 4 members (excludes halogenated alkanes) is 6. The lowest BCUT2D eigenvalue weighted by atomic mass is 9.72. The first-order valence-corrected chi connectivity index (χ1v) is 14.9. The molecule has 3 nitrogen and oxygen atoms in total. The van der Waals surface area contributed by atoms with E-state index in [1.54, 1.807) is 24.3 Å². The van der Waals surface area contributed by atoms with Crippen molar-refractivity contribution in [1.82, 2.24) is 0 Å². The van der Waals surface area contributed by atoms with Crippen LogP contribution < -0.4 is 4.74 Å². The van der Waals surface area contributed by atoms with E-state index in [0.29, 0.717) is 31.4 Å². The molecule has 0 radical (unpaired) electrons. The first kappa shape index (κ1) is 31.0. The number of aliphatic carboxylic acids is 1. The smallest absolute Gasteiger partial charge is 0.341 e. The third kappa shape index (κ3) is 8.25. The van der Waals surface area contributed by atoms with Gasteiger partial charge in [-0.3, -0.25) is 0 Å². The van der Waals surface area contributed by atoms with Crippen LogP contribution >= 0.6 is 0 Å². The summed E-state index contributed by atoms with van der Waals surface area (Å²) in [6, 6.07) is 9.91. The number of alkyl halides is 1. The van der Waals surface area contributed by atoms with E-state index in [0.717, 1.165) is 44.1 Å². The van der Waals surface area contributed by atoms with Crippen molar-refractivity contribution >= 4 is 5.97 Å². The summed E-state index contributed by atoms with van der Waals surface area (Å²) < 4.78 is 51.1. The zero-order chi connectivity index (χ0) is 28.3. The van der Waals surface area contributed by atoms with Gasteiger partial charge in [0.05, 0.1) is 6.61 Å². The molecule has 0 saturated heterocycles. The highest BCUT2D eigenvalue weighted by atomic mass is 19.2. The van der Waals surface area contributed by atoms with Gasteiger partial charge in [-0.05, 0) is 61.3 Å². The van der Waals surface area contributed by atoms with Gasteiger partial charge in [-0.15, -0.1) is 0 Å². The fraction of sp³-hybridized carbons (Fsp3) is 0.606. The van der Waals surface area contributed by atoms with Crippen molar-refractivity contribution in [2.24, 2.45) is 5.92 Å². The first-order valence-electron chi connectivity index (χ1n) is 14.9. The highest BCUT2D eigenvalue weighted by Crippen LogP contribution is 2.43. The molecule has 2 aromatic rings. The van der Waals surface area contributed by atoms with Crippen LogP contribution in [0, 0.1) is 17.6 Å². The molecule has 1 aliphatic carbocycles. The van der Waals surface area contributed by atoms with Gasteiger partial charge >= 0.3 is 5.97 Å². The van der Waals surface area contributed by atoms with Crippen LogP contribution in [0.5, 0.6) is 5.75 Å². The normalized spacial score (nSPS) is 16.5. The Morgan fingerprint density at radius 2 is 1.56 bits per heavy atom. The molecular formula is C33H45F3O3. The average Bonchev–Trinajstić information content (AvgIpc) is 2.95. The molecule has 1 aliphatic rings. The number of carbonyl (C=O) groups is 1. The minimum absolute atomic E-state index is 0.0828. The van der Waals surface area contributed by atoms with E-state index in [-0.39, 0.29) is 23.7 Å². The minimum Gasteiger partial charge on any atom is -0.490 e. The van der Waals surface area contributed by atoms with Crippen LogP contribution in [0.4, 0.5) is 13.2 Å². The fourth-order valence-corrected chi connectivity index (χ4v) is 5.89. The Balaban J connectivity index is 1.64. The molecule has 1 fully saturated rings. The van der Waals surface area contributed by atoms with Crippen LogP contribution in [0.2, 0.25) is 0 Å². The van der Waals surface area contributed by atoms with Crippen LogP contribution in [0.15, 0.2) is 36.4 Å². The summed E-state index contributed by atoms with van der Waals surface area (Å²) >= 11 is 0. The number of carboxylic acid groups (broad SMARTS) is 1. The summed E-state index contributed by atoms with van der Waals surface area (Å²) in [5.41, 5.74) is -0.834. The second-order valence-corrected chi connectivity index (χ2v) is 11.1. The first-order chi connectivity index (χ1) is 18.8. The Morgan fingerprint density at radius 3 is 2.18 bits per heavy atom. The van der Waals surface area contributed by atoms with Crippen molar-refractivity contribution in [2.75, 3.05) is 6.61 Å². The summed E-state index contributed by atoms with van der Waals surface area (Å²) in [4.78, 5) is 12.0. The highest BCUT2D eigenvalue weighted by molar-refractivity contribution is 5.78. The lowest BCUT2D eigenvalue weighted by Crippen LogP contribution is -2.43. The molecular weight excluding hydrogens is 501 g/mol. The van der Waals surface area contributed by atoms with Crippen molar-refractivity contribution in [1.29, 1.82) is 0 Å². The molecule has 0 bridgehead atoms. The van der Waals surface area contributed by atoms with Crippen molar-refractivity contribution < 1.29 is 27.8 Å². The van der Waals surface area contributed by atoms with Gasteiger partial charge in [0.2, 0.25) is 11.5 Å². The largest absolute Gasteiger partial charge is 0.490 e. The van der Waals surface area contributed by atoms with Crippen LogP contribution in [-0.4, -0.2) is 23.4 Å². The molecule has 39 heavy (non-hydrogen) atoms. The van der Waals surface area contributed by atoms with E-state index in [2.05, 4.69) is 6.92 Å². The van der Waals surface area contributed by atoms with E-state index in [1.165, 1.54) is 37.8 Å². The topological polar surface area (TPSA) is 46.5 Å². The number of hydrogen-bond acceptors (Lipinski definition) is 2. The van der Waals surface area contributed by atoms with Gasteiger partial charge in [0, 0.05) is 11.5 Å². The van der Waals surface area contributed by atoms with Gasteiger partial charge in [0.25, 0.3) is 0 Å². The fourth-order valence-electron chi connectivity index (χ4n) is 5.89. The number of benzene rings is 2. The predicted molar refractivity (Wildman–Crippen MR) is 151 cm³/mol. The van der Waals surface area contributed by atoms with Crippen LogP contribution in [0.1, 0.15) is 115 Å². The maximum absolute atomic E-state index is 15.9. The van der Waals surface area contributed by atoms with Crippen molar-refractivity contribution in [3.63, 3.8) is 0 Å². The number of carboxylic acids is 1. The van der Waals surface area contributed by atoms with Gasteiger partial charge in [0.1, 0.15) is 0 Å². The number of hydrogen-bond donors (Lipinski definition) is 1. The van der Waals surface area contributed by atoms with Crippen molar-refractivity contribution in [3.05, 3.63) is 53.6 Å². The molecule has 3 rings (SSSR count). The molecule has 2 aromatic carbocycles. The van der Waals surface area contributed by atoms with Crippen molar-refractivity contribution in [2.45, 2.75) is 115 Å². The van der Waals surface area contributed by atoms with Crippen LogP contribution in [0.3, 0.4) is 0 Å². The Kier molecular flexibility index (Phi) is 12.2. The minimum atomic E-state index is -2.26. The summed E-state index contributed by atoms with van der Waals surface area (Å²) in [6.07, 6.45) is 12.3. The molecule has 1 N–H and O–H groups in total. The van der Waals surface area contributed by atoms with E-state index < -0.39 is 29.2 Å². The van der Waals surface area contributed by atoms with E-state index in [1.807, 2.05) is 6.92 Å². The lowest BCUT2D eigenvalue weighted by Gasteiger charge is -2.35. The van der Waals surface area contributed by atoms with Crippen LogP contribution in [-0.2, 0) is 4.79 Å². The molecule has 0 spiro atoms. The lowest BCUT2D eigenvalue weighted by molar-refractivity contribution is -0.157. The predicted octanol–water partition coefficient (Wildman–Crippen LogP) is 10.0. The third-order valence-corrected chi connectivity index (χ3v) is 8.39. The SMILES string of the molecule is CCCCCCCCCOc1ccc(-c2ccc(C(CC)C[C@@](F)(C(=O)O)C3CCCCC3)cc2)c(F)c1F. The highest BCUT2D eigenvalue weighted by Gasteiger charge is 2.48. The molecule has 0 heterocycles. The molecule has 1 saturated carbocycles. The molecule has 0 aliphatic heterocycles. The maximum Gasteiger partial charge on any atom is 0.341 e. The molecule has 216 valence electrons. The second kappa shape index (κ2) is 15.3. The van der Waals surface area contributed by atoms with Gasteiger partial charge in [-0.25, -0.2) is 13.6 Å². The summed E-state index contributed by atoms with van der Waals surface area (Å²) in [5.74, 6) is -4.18. The monoisotopic (exact) mass is 546 g/mol. The van der Waals surface area contributed by atoms with Crippen LogP contribution in [0.25, 0.3) is 11.1 Å². The van der Waals surface area contributed by atoms with Crippen molar-refractivity contribution in [3.8, 4) is 16.9 Å². The maximum atomic E-state index is 15.9. The molecule has 6 heteroatoms. The standard InChI is InChI=1S/C33H45F3O3/c1-3-5-6-7-8-9-13-22-39-29-21-20-28(30(34)31(29)35)26-18-16-25(17-19-26)24(4-2)23-33(36,32(37)38)27-14-11-10-12-15-27/h16-21,24,27H,3-15,22-23H2,1-2H3,(H,37,38)/t24?,33-/m0/s1. The van der Waals surface area contributed by atoms with E-state index >= 15 is 4.39 Å². The number of rotatable bonds is 16. The third-order valence-electron chi connectivity index (χ3n) is 8.39. The number of ether oxygens (including phenoxy) is 1. The van der Waals surface area contributed by atoms with Gasteiger partial charge in [-0.2, -0.15) is 4.39 Å². The van der Waals surface area contributed by atoms with E-state index in [4.69, 9.17) is 4.74 Å². The van der Waals surface area contributed by atoms with E-state index in [9.17, 15) is 18.7 Å². The van der Waals surface area contributed by atoms with Gasteiger partial charge in [0.15, 0.2) is 11.6 Å².